The Morgan fingerprint density at radius 3 is 2.69 bits per heavy atom. The van der Waals surface area contributed by atoms with Crippen LogP contribution >= 0.6 is 0 Å². The van der Waals surface area contributed by atoms with Gasteiger partial charge in [0.15, 0.2) is 11.2 Å². The standard InChI is InChI=1S/C12H15N5O3.C3H6O3/c1-5-6(3-18)8(19)2-7(5)17-4-14-9-10(17)15-12(13)16-11(9)20;1-2(4)3(5)6/h4,6-8,18-19H,1-3H2,(H3,13,15,16,20);2,4H,1H3,(H,5,6)/t6-,7-,8-;/m0./s1. The zero-order valence-electron chi connectivity index (χ0n) is 14.0. The highest BCUT2D eigenvalue weighted by Gasteiger charge is 2.37. The highest BCUT2D eigenvalue weighted by Crippen LogP contribution is 2.39. The van der Waals surface area contributed by atoms with Gasteiger partial charge in [-0.1, -0.05) is 6.58 Å². The number of aromatic nitrogens is 4. The predicted octanol–water partition coefficient (Wildman–Crippen LogP) is -1.38. The number of carboxylic acid groups (broad SMARTS) is 1. The number of aliphatic carboxylic acids is 1. The average molecular weight is 367 g/mol. The summed E-state index contributed by atoms with van der Waals surface area (Å²) in [5, 5.41) is 35.0. The topological polar surface area (TPSA) is 188 Å². The van der Waals surface area contributed by atoms with Gasteiger partial charge in [0, 0.05) is 5.92 Å². The molecule has 0 radical (unpaired) electrons. The number of hydrogen-bond acceptors (Lipinski definition) is 8. The van der Waals surface area contributed by atoms with Crippen molar-refractivity contribution in [2.24, 2.45) is 5.92 Å². The van der Waals surface area contributed by atoms with Crippen LogP contribution in [-0.4, -0.2) is 64.7 Å². The summed E-state index contributed by atoms with van der Waals surface area (Å²) < 4.78 is 1.67. The van der Waals surface area contributed by atoms with Crippen molar-refractivity contribution in [2.75, 3.05) is 12.3 Å². The highest BCUT2D eigenvalue weighted by molar-refractivity contribution is 5.71. The number of nitrogens with zero attached hydrogens (tertiary/aromatic N) is 3. The van der Waals surface area contributed by atoms with E-state index in [4.69, 9.17) is 15.9 Å². The number of carboxylic acids is 1. The van der Waals surface area contributed by atoms with Gasteiger partial charge >= 0.3 is 5.97 Å². The van der Waals surface area contributed by atoms with Crippen molar-refractivity contribution in [2.45, 2.75) is 31.6 Å². The molecule has 0 saturated heterocycles. The fraction of sp³-hybridized carbons (Fsp3) is 0.467. The van der Waals surface area contributed by atoms with E-state index in [0.29, 0.717) is 17.6 Å². The lowest BCUT2D eigenvalue weighted by Crippen LogP contribution is -2.17. The predicted molar refractivity (Wildman–Crippen MR) is 91.3 cm³/mol. The Hall–Kier alpha value is -2.76. The summed E-state index contributed by atoms with van der Waals surface area (Å²) in [6.07, 6.45) is -0.0298. The van der Waals surface area contributed by atoms with Crippen LogP contribution in [-0.2, 0) is 4.79 Å². The van der Waals surface area contributed by atoms with Gasteiger partial charge in [-0.05, 0) is 18.9 Å². The Morgan fingerprint density at radius 1 is 1.58 bits per heavy atom. The maximum absolute atomic E-state index is 11.7. The van der Waals surface area contributed by atoms with Crippen LogP contribution in [0, 0.1) is 5.92 Å². The molecule has 1 aliphatic rings. The Bertz CT molecular complexity index is 873. The lowest BCUT2D eigenvalue weighted by molar-refractivity contribution is -0.145. The molecule has 11 nitrogen and oxygen atoms in total. The van der Waals surface area contributed by atoms with Crippen LogP contribution in [0.2, 0.25) is 0 Å². The number of carbonyl (C=O) groups is 1. The molecule has 26 heavy (non-hydrogen) atoms. The van der Waals surface area contributed by atoms with Gasteiger partial charge in [-0.25, -0.2) is 9.78 Å². The number of rotatable bonds is 3. The molecule has 11 heteroatoms. The van der Waals surface area contributed by atoms with E-state index < -0.39 is 23.7 Å². The molecule has 0 aliphatic heterocycles. The maximum Gasteiger partial charge on any atom is 0.332 e. The van der Waals surface area contributed by atoms with Crippen molar-refractivity contribution >= 4 is 23.1 Å². The largest absolute Gasteiger partial charge is 0.479 e. The molecule has 2 aromatic rings. The molecule has 1 unspecified atom stereocenters. The number of nitrogens with two attached hydrogens (primary N) is 1. The summed E-state index contributed by atoms with van der Waals surface area (Å²) in [7, 11) is 0. The molecule has 7 N–H and O–H groups in total. The number of nitrogens with one attached hydrogen (secondary N) is 1. The van der Waals surface area contributed by atoms with E-state index >= 15 is 0 Å². The van der Waals surface area contributed by atoms with Gasteiger partial charge in [0.05, 0.1) is 25.1 Å². The molecular weight excluding hydrogens is 346 g/mol. The zero-order valence-corrected chi connectivity index (χ0v) is 14.0. The van der Waals surface area contributed by atoms with Crippen LogP contribution in [0.1, 0.15) is 19.4 Å². The van der Waals surface area contributed by atoms with Crippen molar-refractivity contribution in [1.82, 2.24) is 19.5 Å². The number of anilines is 1. The monoisotopic (exact) mass is 367 g/mol. The van der Waals surface area contributed by atoms with E-state index in [0.717, 1.165) is 0 Å². The second-order valence-corrected chi connectivity index (χ2v) is 5.97. The van der Waals surface area contributed by atoms with Crippen LogP contribution in [0.4, 0.5) is 5.95 Å². The maximum atomic E-state index is 11.7. The number of aromatic amines is 1. The molecule has 0 bridgehead atoms. The van der Waals surface area contributed by atoms with E-state index in [9.17, 15) is 19.8 Å². The van der Waals surface area contributed by atoms with E-state index in [1.165, 1.54) is 13.3 Å². The molecule has 1 fully saturated rings. The minimum Gasteiger partial charge on any atom is -0.479 e. The van der Waals surface area contributed by atoms with Gasteiger partial charge in [-0.3, -0.25) is 9.78 Å². The normalized spacial score (nSPS) is 23.5. The van der Waals surface area contributed by atoms with Gasteiger partial charge in [0.2, 0.25) is 5.95 Å². The molecule has 0 amide bonds. The first-order valence-corrected chi connectivity index (χ1v) is 7.78. The van der Waals surface area contributed by atoms with Gasteiger partial charge < -0.3 is 30.7 Å². The van der Waals surface area contributed by atoms with Crippen LogP contribution in [0.25, 0.3) is 11.2 Å². The molecule has 1 saturated carbocycles. The van der Waals surface area contributed by atoms with Gasteiger partial charge in [0.25, 0.3) is 5.56 Å². The van der Waals surface area contributed by atoms with E-state index in [-0.39, 0.29) is 30.0 Å². The number of H-pyrrole nitrogens is 1. The fourth-order valence-electron chi connectivity index (χ4n) is 2.74. The third kappa shape index (κ3) is 3.74. The van der Waals surface area contributed by atoms with E-state index in [1.807, 2.05) is 0 Å². The number of hydrogen-bond donors (Lipinski definition) is 6. The van der Waals surface area contributed by atoms with Crippen LogP contribution in [0.5, 0.6) is 0 Å². The van der Waals surface area contributed by atoms with Gasteiger partial charge in [-0.15, -0.1) is 0 Å². The average Bonchev–Trinajstić information content (AvgIpc) is 3.08. The van der Waals surface area contributed by atoms with Crippen molar-refractivity contribution in [3.05, 3.63) is 28.8 Å². The minimum atomic E-state index is -1.23. The lowest BCUT2D eigenvalue weighted by atomic mass is 10.0. The summed E-state index contributed by atoms with van der Waals surface area (Å²) in [5.41, 5.74) is 6.37. The molecule has 0 aromatic carbocycles. The molecule has 2 heterocycles. The van der Waals surface area contributed by atoms with Crippen molar-refractivity contribution in [3.63, 3.8) is 0 Å². The first-order chi connectivity index (χ1) is 12.2. The first-order valence-electron chi connectivity index (χ1n) is 7.78. The third-order valence-corrected chi connectivity index (χ3v) is 4.17. The highest BCUT2D eigenvalue weighted by atomic mass is 16.4. The van der Waals surface area contributed by atoms with Gasteiger partial charge in [-0.2, -0.15) is 4.98 Å². The number of fused-ring (bicyclic) bond motifs is 1. The second-order valence-electron chi connectivity index (χ2n) is 5.97. The second kappa shape index (κ2) is 7.64. The van der Waals surface area contributed by atoms with Crippen LogP contribution < -0.4 is 11.3 Å². The number of imidazole rings is 1. The molecule has 0 spiro atoms. The zero-order chi connectivity index (χ0) is 19.6. The quantitative estimate of drug-likeness (QED) is 0.355. The Kier molecular flexibility index (Phi) is 5.75. The van der Waals surface area contributed by atoms with Crippen LogP contribution in [0.15, 0.2) is 23.3 Å². The molecule has 142 valence electrons. The lowest BCUT2D eigenvalue weighted by Gasteiger charge is -2.15. The minimum absolute atomic E-state index is 0.00659. The van der Waals surface area contributed by atoms with Gasteiger partial charge in [0.1, 0.15) is 6.10 Å². The SMILES string of the molecule is C=C1[C@H](CO)[C@@H](O)C[C@@H]1n1cnc2c(=O)[nH]c(N)nc21.CC(O)C(=O)O. The molecule has 2 aromatic heterocycles. The van der Waals surface area contributed by atoms with E-state index in [2.05, 4.69) is 21.5 Å². The first kappa shape index (κ1) is 19.6. The summed E-state index contributed by atoms with van der Waals surface area (Å²) in [6, 6.07) is -0.263. The summed E-state index contributed by atoms with van der Waals surface area (Å²) in [4.78, 5) is 31.7. The van der Waals surface area contributed by atoms with Crippen molar-refractivity contribution < 1.29 is 25.2 Å². The molecule has 3 rings (SSSR count). The van der Waals surface area contributed by atoms with Crippen molar-refractivity contribution in [1.29, 1.82) is 0 Å². The summed E-state index contributed by atoms with van der Waals surface area (Å²) in [6.45, 7) is 4.96. The van der Waals surface area contributed by atoms with E-state index in [1.54, 1.807) is 4.57 Å². The summed E-state index contributed by atoms with van der Waals surface area (Å²) >= 11 is 0. The Balaban J connectivity index is 0.000000352. The number of aliphatic hydroxyl groups is 3. The number of nitrogen functional groups attached to an aromatic ring is 1. The molecule has 4 atom stereocenters. The molecular formula is C15H21N5O6. The Morgan fingerprint density at radius 2 is 2.19 bits per heavy atom. The molecule has 1 aliphatic carbocycles. The van der Waals surface area contributed by atoms with Crippen LogP contribution in [0.3, 0.4) is 0 Å². The van der Waals surface area contributed by atoms with Crippen molar-refractivity contribution in [3.8, 4) is 0 Å². The third-order valence-electron chi connectivity index (χ3n) is 4.17. The smallest absolute Gasteiger partial charge is 0.332 e. The number of aliphatic hydroxyl groups excluding tert-OH is 3. The Labute approximate surface area is 147 Å². The fourth-order valence-corrected chi connectivity index (χ4v) is 2.74. The summed E-state index contributed by atoms with van der Waals surface area (Å²) in [5.74, 6) is -1.56.